The molecule has 0 bridgehead atoms. The summed E-state index contributed by atoms with van der Waals surface area (Å²) in [6.07, 6.45) is 1.27. The molecule has 0 N–H and O–H groups in total. The molecule has 15 heavy (non-hydrogen) atoms. The number of hydrogen-bond donors (Lipinski definition) is 0. The highest BCUT2D eigenvalue weighted by molar-refractivity contribution is 14.1. The Hall–Kier alpha value is -1.04. The third kappa shape index (κ3) is 3.54. The Kier molecular flexibility index (Phi) is 4.61. The summed E-state index contributed by atoms with van der Waals surface area (Å²) in [6, 6.07) is 7.38. The van der Waals surface area contributed by atoms with Gasteiger partial charge in [0.25, 0.3) is 0 Å². The maximum absolute atomic E-state index is 11.5. The van der Waals surface area contributed by atoms with Gasteiger partial charge >= 0.3 is 6.09 Å². The van der Waals surface area contributed by atoms with Crippen LogP contribution in [-0.2, 0) is 0 Å². The number of para-hydroxylation sites is 1. The minimum absolute atomic E-state index is 0.376. The quantitative estimate of drug-likeness (QED) is 0.634. The van der Waals surface area contributed by atoms with E-state index in [2.05, 4.69) is 29.2 Å². The molecule has 1 rings (SSSR count). The number of carbonyl (C=O) groups is 1. The van der Waals surface area contributed by atoms with Crippen LogP contribution in [0.2, 0.25) is 0 Å². The maximum Gasteiger partial charge on any atom is 0.415 e. The molecule has 0 fully saturated rings. The molecule has 0 unspecified atom stereocenters. The molecule has 0 aliphatic heterocycles. The second-order valence-corrected chi connectivity index (χ2v) is 4.13. The highest BCUT2D eigenvalue weighted by atomic mass is 127. The van der Waals surface area contributed by atoms with Crippen LogP contribution >= 0.6 is 22.6 Å². The van der Waals surface area contributed by atoms with Crippen molar-refractivity contribution in [2.75, 3.05) is 13.6 Å². The molecule has 0 aliphatic rings. The van der Waals surface area contributed by atoms with Gasteiger partial charge in [-0.2, -0.15) is 0 Å². The van der Waals surface area contributed by atoms with Crippen LogP contribution in [0.15, 0.2) is 36.9 Å². The molecule has 80 valence electrons. The third-order valence-electron chi connectivity index (χ3n) is 1.75. The second kappa shape index (κ2) is 5.75. The first kappa shape index (κ1) is 12.0. The normalized spacial score (nSPS) is 9.47. The molecular weight excluding hydrogens is 305 g/mol. The highest BCUT2D eigenvalue weighted by Gasteiger charge is 2.10. The van der Waals surface area contributed by atoms with E-state index in [0.717, 1.165) is 3.57 Å². The van der Waals surface area contributed by atoms with Gasteiger partial charge in [0.15, 0.2) is 0 Å². The SMILES string of the molecule is C=CCN(C)C(=O)Oc1ccccc1I. The van der Waals surface area contributed by atoms with Crippen LogP contribution in [0, 0.1) is 3.57 Å². The fraction of sp³-hybridized carbons (Fsp3) is 0.182. The average molecular weight is 317 g/mol. The first-order valence-electron chi connectivity index (χ1n) is 4.43. The van der Waals surface area contributed by atoms with Crippen molar-refractivity contribution in [1.29, 1.82) is 0 Å². The number of hydrogen-bond acceptors (Lipinski definition) is 2. The number of rotatable bonds is 3. The van der Waals surface area contributed by atoms with Gasteiger partial charge in [0.05, 0.1) is 3.57 Å². The van der Waals surface area contributed by atoms with E-state index in [4.69, 9.17) is 4.74 Å². The fourth-order valence-electron chi connectivity index (χ4n) is 0.968. The van der Waals surface area contributed by atoms with Crippen LogP contribution in [0.1, 0.15) is 0 Å². The number of benzene rings is 1. The Labute approximate surface area is 103 Å². The zero-order valence-corrected chi connectivity index (χ0v) is 10.6. The standard InChI is InChI=1S/C11H12INO2/c1-3-8-13(2)11(14)15-10-7-5-4-6-9(10)12/h3-7H,1,8H2,2H3. The van der Waals surface area contributed by atoms with Gasteiger partial charge in [-0.15, -0.1) is 6.58 Å². The Bertz CT molecular complexity index is 365. The number of nitrogens with zero attached hydrogens (tertiary/aromatic N) is 1. The van der Waals surface area contributed by atoms with Gasteiger partial charge < -0.3 is 9.64 Å². The van der Waals surface area contributed by atoms with Crippen molar-refractivity contribution in [1.82, 2.24) is 4.90 Å². The molecule has 0 heterocycles. The summed E-state index contributed by atoms with van der Waals surface area (Å²) >= 11 is 2.12. The molecule has 1 aromatic rings. The largest absolute Gasteiger partial charge is 0.415 e. The molecular formula is C11H12INO2. The van der Waals surface area contributed by atoms with Crippen molar-refractivity contribution in [2.45, 2.75) is 0 Å². The second-order valence-electron chi connectivity index (χ2n) is 2.97. The number of ether oxygens (including phenoxy) is 1. The zero-order valence-electron chi connectivity index (χ0n) is 8.44. The summed E-state index contributed by atoms with van der Waals surface area (Å²) in [5.41, 5.74) is 0. The van der Waals surface area contributed by atoms with E-state index in [1.807, 2.05) is 18.2 Å². The van der Waals surface area contributed by atoms with Crippen LogP contribution in [0.3, 0.4) is 0 Å². The van der Waals surface area contributed by atoms with Crippen molar-refractivity contribution in [2.24, 2.45) is 0 Å². The first-order chi connectivity index (χ1) is 7.15. The number of amides is 1. The van der Waals surface area contributed by atoms with Crippen molar-refractivity contribution in [3.63, 3.8) is 0 Å². The van der Waals surface area contributed by atoms with E-state index in [1.54, 1.807) is 19.2 Å². The Morgan fingerprint density at radius 3 is 2.87 bits per heavy atom. The number of likely N-dealkylation sites (N-methyl/N-ethyl adjacent to an activating group) is 1. The molecule has 0 radical (unpaired) electrons. The molecule has 0 aliphatic carbocycles. The lowest BCUT2D eigenvalue weighted by Gasteiger charge is -2.14. The van der Waals surface area contributed by atoms with E-state index in [-0.39, 0.29) is 6.09 Å². The van der Waals surface area contributed by atoms with Crippen LogP contribution in [0.25, 0.3) is 0 Å². The predicted molar refractivity (Wildman–Crippen MR) is 68.0 cm³/mol. The van der Waals surface area contributed by atoms with Crippen LogP contribution in [0.4, 0.5) is 4.79 Å². The molecule has 0 aromatic heterocycles. The smallest absolute Gasteiger partial charge is 0.409 e. The fourth-order valence-corrected chi connectivity index (χ4v) is 1.47. The van der Waals surface area contributed by atoms with E-state index in [1.165, 1.54) is 4.90 Å². The summed E-state index contributed by atoms with van der Waals surface area (Å²) in [4.78, 5) is 13.0. The van der Waals surface area contributed by atoms with E-state index in [9.17, 15) is 4.79 Å². The zero-order chi connectivity index (χ0) is 11.3. The topological polar surface area (TPSA) is 29.5 Å². The van der Waals surface area contributed by atoms with Gasteiger partial charge in [-0.25, -0.2) is 4.79 Å². The number of carbonyl (C=O) groups excluding carboxylic acids is 1. The van der Waals surface area contributed by atoms with Gasteiger partial charge in [-0.05, 0) is 34.7 Å². The van der Waals surface area contributed by atoms with Gasteiger partial charge in [0.2, 0.25) is 0 Å². The Morgan fingerprint density at radius 2 is 2.27 bits per heavy atom. The van der Waals surface area contributed by atoms with Gasteiger partial charge in [-0.3, -0.25) is 0 Å². The van der Waals surface area contributed by atoms with E-state index < -0.39 is 0 Å². The monoisotopic (exact) mass is 317 g/mol. The molecule has 1 amide bonds. The summed E-state index contributed by atoms with van der Waals surface area (Å²) < 4.78 is 6.10. The van der Waals surface area contributed by atoms with Crippen molar-refractivity contribution in [3.05, 3.63) is 40.5 Å². The maximum atomic E-state index is 11.5. The lowest BCUT2D eigenvalue weighted by Crippen LogP contribution is -2.29. The van der Waals surface area contributed by atoms with Crippen molar-refractivity contribution < 1.29 is 9.53 Å². The molecule has 0 saturated carbocycles. The predicted octanol–water partition coefficient (Wildman–Crippen LogP) is 2.91. The summed E-state index contributed by atoms with van der Waals surface area (Å²) in [5, 5.41) is 0. The summed E-state index contributed by atoms with van der Waals surface area (Å²) in [5.74, 6) is 0.582. The molecule has 0 atom stereocenters. The van der Waals surface area contributed by atoms with Crippen molar-refractivity contribution >= 4 is 28.7 Å². The molecule has 1 aromatic carbocycles. The van der Waals surface area contributed by atoms with E-state index >= 15 is 0 Å². The Morgan fingerprint density at radius 1 is 1.60 bits per heavy atom. The minimum atomic E-state index is -0.376. The molecule has 4 heteroatoms. The third-order valence-corrected chi connectivity index (χ3v) is 2.64. The molecule has 0 saturated heterocycles. The first-order valence-corrected chi connectivity index (χ1v) is 5.51. The lowest BCUT2D eigenvalue weighted by molar-refractivity contribution is 0.167. The average Bonchev–Trinajstić information content (AvgIpc) is 2.21. The van der Waals surface area contributed by atoms with Crippen LogP contribution < -0.4 is 4.74 Å². The summed E-state index contributed by atoms with van der Waals surface area (Å²) in [7, 11) is 1.67. The van der Waals surface area contributed by atoms with E-state index in [0.29, 0.717) is 12.3 Å². The molecule has 0 spiro atoms. The lowest BCUT2D eigenvalue weighted by atomic mass is 10.3. The van der Waals surface area contributed by atoms with Crippen LogP contribution in [-0.4, -0.2) is 24.6 Å². The molecule has 3 nitrogen and oxygen atoms in total. The van der Waals surface area contributed by atoms with Gasteiger partial charge in [0.1, 0.15) is 5.75 Å². The van der Waals surface area contributed by atoms with Crippen molar-refractivity contribution in [3.8, 4) is 5.75 Å². The highest BCUT2D eigenvalue weighted by Crippen LogP contribution is 2.20. The van der Waals surface area contributed by atoms with Gasteiger partial charge in [-0.1, -0.05) is 18.2 Å². The van der Waals surface area contributed by atoms with Crippen LogP contribution in [0.5, 0.6) is 5.75 Å². The minimum Gasteiger partial charge on any atom is -0.409 e. The number of halogens is 1. The summed E-state index contributed by atoms with van der Waals surface area (Å²) in [6.45, 7) is 4.03. The Balaban J connectivity index is 2.66. The van der Waals surface area contributed by atoms with Gasteiger partial charge in [0, 0.05) is 13.6 Å².